The van der Waals surface area contributed by atoms with Crippen LogP contribution in [0.4, 0.5) is 4.79 Å². The molecule has 5 rings (SSSR count). The zero-order valence-electron chi connectivity index (χ0n) is 20.8. The van der Waals surface area contributed by atoms with Gasteiger partial charge in [-0.05, 0) is 58.4 Å². The van der Waals surface area contributed by atoms with E-state index in [1.54, 1.807) is 25.7 Å². The van der Waals surface area contributed by atoms with E-state index in [0.717, 1.165) is 24.8 Å². The van der Waals surface area contributed by atoms with Crippen LogP contribution in [-0.4, -0.2) is 63.9 Å². The maximum absolute atomic E-state index is 14.0. The molecule has 35 heavy (non-hydrogen) atoms. The molecule has 2 aliphatic heterocycles. The third-order valence-electron chi connectivity index (χ3n) is 7.87. The molecular formula is C27H35N3O5. The van der Waals surface area contributed by atoms with Crippen molar-refractivity contribution in [3.05, 3.63) is 35.9 Å². The summed E-state index contributed by atoms with van der Waals surface area (Å²) in [6.07, 6.45) is 4.27. The van der Waals surface area contributed by atoms with Gasteiger partial charge in [0.15, 0.2) is 0 Å². The Kier molecular flexibility index (Phi) is 5.88. The second kappa shape index (κ2) is 8.64. The maximum Gasteiger partial charge on any atom is 0.408 e. The average Bonchev–Trinajstić information content (AvgIpc) is 3.47. The molecule has 8 nitrogen and oxygen atoms in total. The van der Waals surface area contributed by atoms with Crippen molar-refractivity contribution in [1.82, 2.24) is 15.1 Å². The van der Waals surface area contributed by atoms with Gasteiger partial charge in [-0.2, -0.15) is 0 Å². The summed E-state index contributed by atoms with van der Waals surface area (Å²) in [6.45, 7) is 5.81. The van der Waals surface area contributed by atoms with Gasteiger partial charge in [-0.1, -0.05) is 36.8 Å². The van der Waals surface area contributed by atoms with E-state index in [-0.39, 0.29) is 35.7 Å². The number of nitrogens with one attached hydrogen (secondary N) is 1. The molecule has 2 aliphatic carbocycles. The third kappa shape index (κ3) is 4.32. The number of benzene rings is 1. The molecule has 1 aromatic rings. The molecule has 0 radical (unpaired) electrons. The Bertz CT molecular complexity index is 1030. The summed E-state index contributed by atoms with van der Waals surface area (Å²) >= 11 is 0. The SMILES string of the molecule is CC(C)(C)OC(=O)N[C@@H](Cc1ccccc1)C(=O)N1CC[C@H]2[C@H]1C1(CCC1)C(=O)N2C(=O)C1CC1. The monoisotopic (exact) mass is 481 g/mol. The summed E-state index contributed by atoms with van der Waals surface area (Å²) in [4.78, 5) is 56.5. The molecule has 2 saturated heterocycles. The molecule has 4 aliphatic rings. The zero-order valence-corrected chi connectivity index (χ0v) is 20.8. The van der Waals surface area contributed by atoms with E-state index in [9.17, 15) is 19.2 Å². The molecule has 0 aromatic heterocycles. The highest BCUT2D eigenvalue weighted by Crippen LogP contribution is 2.56. The molecule has 4 amide bonds. The topological polar surface area (TPSA) is 96.0 Å². The molecule has 1 N–H and O–H groups in total. The number of alkyl carbamates (subject to hydrolysis) is 1. The molecule has 0 unspecified atom stereocenters. The summed E-state index contributed by atoms with van der Waals surface area (Å²) in [5.41, 5.74) is -0.435. The van der Waals surface area contributed by atoms with E-state index in [1.165, 1.54) is 4.90 Å². The van der Waals surface area contributed by atoms with Gasteiger partial charge in [0.2, 0.25) is 17.7 Å². The summed E-state index contributed by atoms with van der Waals surface area (Å²) in [6, 6.07) is 8.14. The second-order valence-corrected chi connectivity index (χ2v) is 11.5. The molecular weight excluding hydrogens is 446 g/mol. The molecule has 188 valence electrons. The highest BCUT2D eigenvalue weighted by Gasteiger charge is 2.68. The molecule has 0 bridgehead atoms. The molecule has 1 aromatic carbocycles. The Hall–Kier alpha value is -2.90. The van der Waals surface area contributed by atoms with Crippen LogP contribution < -0.4 is 5.32 Å². The number of hydrogen-bond donors (Lipinski definition) is 1. The number of carbonyl (C=O) groups excluding carboxylic acids is 4. The number of carbonyl (C=O) groups is 4. The number of likely N-dealkylation sites (tertiary alicyclic amines) is 2. The Morgan fingerprint density at radius 1 is 1.11 bits per heavy atom. The average molecular weight is 482 g/mol. The van der Waals surface area contributed by atoms with Crippen LogP contribution in [-0.2, 0) is 25.5 Å². The number of imide groups is 1. The minimum absolute atomic E-state index is 0.0424. The summed E-state index contributed by atoms with van der Waals surface area (Å²) in [5.74, 6) is -0.407. The second-order valence-electron chi connectivity index (χ2n) is 11.5. The maximum atomic E-state index is 14.0. The van der Waals surface area contributed by atoms with Gasteiger partial charge >= 0.3 is 6.09 Å². The lowest BCUT2D eigenvalue weighted by Gasteiger charge is -2.44. The highest BCUT2D eigenvalue weighted by atomic mass is 16.6. The van der Waals surface area contributed by atoms with Gasteiger partial charge in [0.1, 0.15) is 11.6 Å². The fourth-order valence-corrected chi connectivity index (χ4v) is 6.03. The number of fused-ring (bicyclic) bond motifs is 2. The minimum atomic E-state index is -0.827. The lowest BCUT2D eigenvalue weighted by atomic mass is 9.64. The third-order valence-corrected chi connectivity index (χ3v) is 7.87. The van der Waals surface area contributed by atoms with E-state index in [0.29, 0.717) is 32.2 Å². The van der Waals surface area contributed by atoms with Crippen LogP contribution in [0, 0.1) is 11.3 Å². The molecule has 1 spiro atoms. The normalized spacial score (nSPS) is 25.7. The van der Waals surface area contributed by atoms with Crippen molar-refractivity contribution in [1.29, 1.82) is 0 Å². The first-order chi connectivity index (χ1) is 16.6. The van der Waals surface area contributed by atoms with Crippen LogP contribution in [0.25, 0.3) is 0 Å². The number of amides is 4. The first-order valence-corrected chi connectivity index (χ1v) is 12.8. The van der Waals surface area contributed by atoms with Crippen LogP contribution in [0.1, 0.15) is 64.9 Å². The smallest absolute Gasteiger partial charge is 0.408 e. The van der Waals surface area contributed by atoms with Crippen molar-refractivity contribution in [2.75, 3.05) is 6.54 Å². The van der Waals surface area contributed by atoms with Crippen molar-refractivity contribution < 1.29 is 23.9 Å². The molecule has 2 heterocycles. The van der Waals surface area contributed by atoms with Gasteiger partial charge in [-0.25, -0.2) is 4.79 Å². The standard InChI is InChI=1S/C27H35N3O5/c1-26(2,3)35-25(34)28-19(16-17-8-5-4-6-9-17)23(32)29-15-12-20-21(29)27(13-7-14-27)24(33)30(20)22(31)18-10-11-18/h4-6,8-9,18-21H,7,10-16H2,1-3H3,(H,28,34)/t19-,20-,21-/m0/s1. The van der Waals surface area contributed by atoms with Crippen LogP contribution in [0.2, 0.25) is 0 Å². The van der Waals surface area contributed by atoms with E-state index in [2.05, 4.69) is 5.32 Å². The van der Waals surface area contributed by atoms with E-state index >= 15 is 0 Å². The van der Waals surface area contributed by atoms with Gasteiger partial charge in [0.05, 0.1) is 17.5 Å². The lowest BCUT2D eigenvalue weighted by molar-refractivity contribution is -0.152. The first-order valence-electron chi connectivity index (χ1n) is 12.8. The Morgan fingerprint density at radius 3 is 2.37 bits per heavy atom. The van der Waals surface area contributed by atoms with Crippen LogP contribution >= 0.6 is 0 Å². The van der Waals surface area contributed by atoms with Crippen LogP contribution in [0.5, 0.6) is 0 Å². The highest BCUT2D eigenvalue weighted by molar-refractivity contribution is 6.04. The lowest BCUT2D eigenvalue weighted by Crippen LogP contribution is -2.57. The van der Waals surface area contributed by atoms with Gasteiger partial charge in [-0.3, -0.25) is 19.3 Å². The minimum Gasteiger partial charge on any atom is -0.444 e. The number of ether oxygens (including phenoxy) is 1. The quantitative estimate of drug-likeness (QED) is 0.652. The van der Waals surface area contributed by atoms with Crippen LogP contribution in [0.15, 0.2) is 30.3 Å². The van der Waals surface area contributed by atoms with Gasteiger partial charge in [-0.15, -0.1) is 0 Å². The number of rotatable bonds is 5. The summed E-state index contributed by atoms with van der Waals surface area (Å²) in [5, 5.41) is 2.80. The van der Waals surface area contributed by atoms with Crippen LogP contribution in [0.3, 0.4) is 0 Å². The predicted octanol–water partition coefficient (Wildman–Crippen LogP) is 3.04. The molecule has 8 heteroatoms. The summed E-state index contributed by atoms with van der Waals surface area (Å²) < 4.78 is 5.45. The van der Waals surface area contributed by atoms with E-state index in [1.807, 2.05) is 30.3 Å². The first kappa shape index (κ1) is 23.8. The fraction of sp³-hybridized carbons (Fsp3) is 0.630. The summed E-state index contributed by atoms with van der Waals surface area (Å²) in [7, 11) is 0. The van der Waals surface area contributed by atoms with Crippen molar-refractivity contribution in [2.45, 2.75) is 89.4 Å². The van der Waals surface area contributed by atoms with Gasteiger partial charge in [0, 0.05) is 18.9 Å². The van der Waals surface area contributed by atoms with Crippen molar-refractivity contribution in [3.8, 4) is 0 Å². The molecule has 4 fully saturated rings. The van der Waals surface area contributed by atoms with Gasteiger partial charge in [0.25, 0.3) is 0 Å². The van der Waals surface area contributed by atoms with E-state index in [4.69, 9.17) is 4.74 Å². The van der Waals surface area contributed by atoms with Gasteiger partial charge < -0.3 is 15.0 Å². The molecule has 2 saturated carbocycles. The Balaban J connectivity index is 1.41. The van der Waals surface area contributed by atoms with Crippen molar-refractivity contribution >= 4 is 23.8 Å². The number of hydrogen-bond acceptors (Lipinski definition) is 5. The largest absolute Gasteiger partial charge is 0.444 e. The van der Waals surface area contributed by atoms with E-state index < -0.39 is 23.2 Å². The van der Waals surface area contributed by atoms with Crippen molar-refractivity contribution in [3.63, 3.8) is 0 Å². The zero-order chi connectivity index (χ0) is 25.0. The van der Waals surface area contributed by atoms with Crippen molar-refractivity contribution in [2.24, 2.45) is 11.3 Å². The predicted molar refractivity (Wildman–Crippen MR) is 128 cm³/mol. The Morgan fingerprint density at radius 2 is 1.80 bits per heavy atom. The number of nitrogens with zero attached hydrogens (tertiary/aromatic N) is 2. The Labute approximate surface area is 206 Å². The fourth-order valence-electron chi connectivity index (χ4n) is 6.03. The molecule has 3 atom stereocenters.